The van der Waals surface area contributed by atoms with E-state index in [9.17, 15) is 18.7 Å². The number of halogens is 3. The average molecular weight is 623 g/mol. The molecular weight excluding hydrogens is 582 g/mol. The number of likely N-dealkylation sites (tertiary alicyclic amines) is 1. The van der Waals surface area contributed by atoms with Gasteiger partial charge in [0.05, 0.1) is 18.4 Å². The van der Waals surface area contributed by atoms with E-state index < -0.39 is 23.6 Å². The number of nitrogens with zero attached hydrogens (tertiary/aromatic N) is 6. The van der Waals surface area contributed by atoms with Crippen molar-refractivity contribution in [3.05, 3.63) is 40.2 Å². The molecule has 3 saturated heterocycles. The van der Waals surface area contributed by atoms with Crippen LogP contribution in [0.15, 0.2) is 12.1 Å². The number of aliphatic hydroxyl groups excluding tert-OH is 2. The van der Waals surface area contributed by atoms with Crippen molar-refractivity contribution >= 4 is 34.8 Å². The number of hydrogen-bond acceptors (Lipinski definition) is 10. The van der Waals surface area contributed by atoms with Crippen molar-refractivity contribution in [1.29, 1.82) is 0 Å². The van der Waals surface area contributed by atoms with Gasteiger partial charge in [-0.3, -0.25) is 14.6 Å². The number of aromatic nitrogens is 2. The van der Waals surface area contributed by atoms with Crippen LogP contribution in [-0.4, -0.2) is 113 Å². The summed E-state index contributed by atoms with van der Waals surface area (Å²) in [6.07, 6.45) is 2.87. The van der Waals surface area contributed by atoms with Crippen LogP contribution in [0.3, 0.4) is 0 Å². The Labute approximate surface area is 255 Å². The fraction of sp³-hybridized carbons (Fsp3) is 0.621. The molecule has 14 heteroatoms. The van der Waals surface area contributed by atoms with E-state index >= 15 is 0 Å². The van der Waals surface area contributed by atoms with Gasteiger partial charge < -0.3 is 31.1 Å². The summed E-state index contributed by atoms with van der Waals surface area (Å²) in [5.74, 6) is -1.79. The molecule has 5 N–H and O–H groups in total. The Morgan fingerprint density at radius 3 is 2.53 bits per heavy atom. The van der Waals surface area contributed by atoms with Crippen molar-refractivity contribution in [1.82, 2.24) is 25.1 Å². The second-order valence-corrected chi connectivity index (χ2v) is 11.9. The van der Waals surface area contributed by atoms with E-state index in [1.54, 1.807) is 11.0 Å². The fourth-order valence-corrected chi connectivity index (χ4v) is 6.84. The number of aliphatic hydroxyl groups is 2. The van der Waals surface area contributed by atoms with Gasteiger partial charge in [0.15, 0.2) is 34.1 Å². The molecule has 3 aliphatic heterocycles. The number of amides is 1. The third-order valence-corrected chi connectivity index (χ3v) is 9.08. The molecule has 5 rings (SSSR count). The summed E-state index contributed by atoms with van der Waals surface area (Å²) in [6, 6.07) is 3.52. The van der Waals surface area contributed by atoms with Crippen molar-refractivity contribution in [2.45, 2.75) is 57.3 Å². The Kier molecular flexibility index (Phi) is 10.2. The summed E-state index contributed by atoms with van der Waals surface area (Å²) >= 11 is 6.47. The van der Waals surface area contributed by atoms with Crippen LogP contribution in [0.1, 0.15) is 48.7 Å². The lowest BCUT2D eigenvalue weighted by Crippen LogP contribution is -2.58. The molecule has 3 fully saturated rings. The third kappa shape index (κ3) is 6.96. The Morgan fingerprint density at radius 1 is 1.09 bits per heavy atom. The number of hydrogen-bond donors (Lipinski definition) is 4. The molecule has 2 aromatic rings. The van der Waals surface area contributed by atoms with Crippen molar-refractivity contribution in [2.75, 3.05) is 74.5 Å². The molecule has 236 valence electrons. The number of β-amino-alcohol motifs (C(OH)–C–C–N with tert-alkyl or cyclic N) is 1. The summed E-state index contributed by atoms with van der Waals surface area (Å²) in [7, 11) is 0. The van der Waals surface area contributed by atoms with Crippen molar-refractivity contribution < 1.29 is 23.8 Å². The number of nitrogens with two attached hydrogens (primary N) is 1. The van der Waals surface area contributed by atoms with Gasteiger partial charge in [-0.05, 0) is 50.4 Å². The van der Waals surface area contributed by atoms with E-state index in [1.807, 2.05) is 0 Å². The molecule has 0 unspecified atom stereocenters. The molecule has 11 nitrogen and oxygen atoms in total. The predicted octanol–water partition coefficient (Wildman–Crippen LogP) is 1.85. The lowest BCUT2D eigenvalue weighted by Gasteiger charge is -2.47. The quantitative estimate of drug-likeness (QED) is 0.328. The maximum absolute atomic E-state index is 14.9. The number of carbonyl (C=O) groups is 1. The Balaban J connectivity index is 1.20. The van der Waals surface area contributed by atoms with Gasteiger partial charge >= 0.3 is 0 Å². The minimum Gasteiger partial charge on any atom is -0.395 e. The SMILES string of the molecule is CC[C@H]1CN(c2nc(N)c(C(=O)NCCO)nc2Cl)CCN1C1CCN(Cc2ccc(F)c(F)c2N2CC[C@H](O)C2)CC1. The number of nitrogens with one attached hydrogen (secondary N) is 1. The van der Waals surface area contributed by atoms with Crippen LogP contribution in [0, 0.1) is 11.6 Å². The molecular formula is C29H41ClF2N8O3. The van der Waals surface area contributed by atoms with E-state index in [-0.39, 0.29) is 41.5 Å². The Bertz CT molecular complexity index is 1300. The summed E-state index contributed by atoms with van der Waals surface area (Å²) in [6.45, 7) is 7.26. The second kappa shape index (κ2) is 13.9. The molecule has 1 amide bonds. The molecule has 0 spiro atoms. The van der Waals surface area contributed by atoms with Gasteiger partial charge in [-0.25, -0.2) is 18.7 Å². The summed E-state index contributed by atoms with van der Waals surface area (Å²) < 4.78 is 29.1. The average Bonchev–Trinajstić information content (AvgIpc) is 3.44. The van der Waals surface area contributed by atoms with Gasteiger partial charge in [0.25, 0.3) is 5.91 Å². The third-order valence-electron chi connectivity index (χ3n) is 8.83. The number of benzene rings is 1. The first kappa shape index (κ1) is 31.6. The van der Waals surface area contributed by atoms with Crippen molar-refractivity contribution in [3.63, 3.8) is 0 Å². The lowest BCUT2D eigenvalue weighted by atomic mass is 9.97. The van der Waals surface area contributed by atoms with Crippen LogP contribution in [0.2, 0.25) is 5.15 Å². The molecule has 0 aliphatic carbocycles. The Hall–Kier alpha value is -2.84. The van der Waals surface area contributed by atoms with Gasteiger partial charge in [0.2, 0.25) is 0 Å². The van der Waals surface area contributed by atoms with Crippen molar-refractivity contribution in [2.24, 2.45) is 0 Å². The highest BCUT2D eigenvalue weighted by atomic mass is 35.5. The minimum absolute atomic E-state index is 0.0113. The number of piperazine rings is 1. The smallest absolute Gasteiger partial charge is 0.273 e. The first-order valence-corrected chi connectivity index (χ1v) is 15.4. The number of carbonyl (C=O) groups excluding carboxylic acids is 1. The molecule has 0 bridgehead atoms. The zero-order chi connectivity index (χ0) is 30.7. The number of anilines is 3. The van der Waals surface area contributed by atoms with Gasteiger partial charge in [-0.2, -0.15) is 0 Å². The zero-order valence-electron chi connectivity index (χ0n) is 24.5. The first-order chi connectivity index (χ1) is 20.7. The van der Waals surface area contributed by atoms with Gasteiger partial charge in [-0.1, -0.05) is 24.6 Å². The van der Waals surface area contributed by atoms with Crippen LogP contribution in [-0.2, 0) is 6.54 Å². The molecule has 1 aromatic heterocycles. The van der Waals surface area contributed by atoms with Gasteiger partial charge in [0, 0.05) is 57.9 Å². The van der Waals surface area contributed by atoms with E-state index in [0.717, 1.165) is 44.5 Å². The van der Waals surface area contributed by atoms with Crippen molar-refractivity contribution in [3.8, 4) is 0 Å². The van der Waals surface area contributed by atoms with Crippen LogP contribution in [0.5, 0.6) is 0 Å². The topological polar surface area (TPSA) is 134 Å². The largest absolute Gasteiger partial charge is 0.395 e. The summed E-state index contributed by atoms with van der Waals surface area (Å²) in [5, 5.41) is 21.6. The zero-order valence-corrected chi connectivity index (χ0v) is 25.2. The molecule has 0 saturated carbocycles. The van der Waals surface area contributed by atoms with E-state index in [4.69, 9.17) is 22.4 Å². The van der Waals surface area contributed by atoms with Gasteiger partial charge in [-0.15, -0.1) is 0 Å². The standard InChI is InChI=1S/C29H41ClF2N8O3/c1-2-19-16-39(28-26(30)35-24(27(33)36-28)29(43)34-8-14-41)12-13-40(19)20-5-9-37(10-6-20)15-18-3-4-22(31)23(32)25(18)38-11-7-21(42)17-38/h3-4,19-21,41-42H,2,5-17H2,1H3,(H2,33,36)(H,34,43)/t19-,21-/m0/s1. The minimum atomic E-state index is -0.863. The number of nitrogen functional groups attached to an aromatic ring is 1. The Morgan fingerprint density at radius 2 is 1.86 bits per heavy atom. The summed E-state index contributed by atoms with van der Waals surface area (Å²) in [4.78, 5) is 29.6. The second-order valence-electron chi connectivity index (χ2n) is 11.6. The highest BCUT2D eigenvalue weighted by Gasteiger charge is 2.35. The number of rotatable bonds is 9. The molecule has 2 atom stereocenters. The fourth-order valence-electron chi connectivity index (χ4n) is 6.59. The summed E-state index contributed by atoms with van der Waals surface area (Å²) in [5.41, 5.74) is 7.03. The van der Waals surface area contributed by atoms with Crippen LogP contribution in [0.4, 0.5) is 26.1 Å². The first-order valence-electron chi connectivity index (χ1n) is 15.0. The van der Waals surface area contributed by atoms with Crippen LogP contribution in [0.25, 0.3) is 0 Å². The lowest BCUT2D eigenvalue weighted by molar-refractivity contribution is 0.0610. The molecule has 43 heavy (non-hydrogen) atoms. The van der Waals surface area contributed by atoms with E-state index in [0.29, 0.717) is 51.0 Å². The highest BCUT2D eigenvalue weighted by molar-refractivity contribution is 6.32. The molecule has 0 radical (unpaired) electrons. The number of piperidine rings is 1. The van der Waals surface area contributed by atoms with E-state index in [1.165, 1.54) is 6.07 Å². The predicted molar refractivity (Wildman–Crippen MR) is 161 cm³/mol. The molecule has 1 aromatic carbocycles. The van der Waals surface area contributed by atoms with Crippen LogP contribution >= 0.6 is 11.6 Å². The highest BCUT2D eigenvalue weighted by Crippen LogP contribution is 2.33. The van der Waals surface area contributed by atoms with Crippen LogP contribution < -0.4 is 20.9 Å². The molecule has 4 heterocycles. The molecule has 3 aliphatic rings. The maximum atomic E-state index is 14.9. The van der Waals surface area contributed by atoms with E-state index in [2.05, 4.69) is 36.9 Å². The van der Waals surface area contributed by atoms with Gasteiger partial charge in [0.1, 0.15) is 0 Å². The maximum Gasteiger partial charge on any atom is 0.273 e. The normalized spacial score (nSPS) is 22.4. The monoisotopic (exact) mass is 622 g/mol.